The van der Waals surface area contributed by atoms with Gasteiger partial charge in [-0.05, 0) is 47.8 Å². The van der Waals surface area contributed by atoms with Crippen molar-refractivity contribution < 1.29 is 20.5 Å². The fraction of sp³-hybridized carbons (Fsp3) is 0.261. The Hall–Kier alpha value is -3.68. The van der Waals surface area contributed by atoms with E-state index in [9.17, 15) is 14.4 Å². The van der Waals surface area contributed by atoms with Crippen molar-refractivity contribution in [2.75, 3.05) is 20.7 Å². The summed E-state index contributed by atoms with van der Waals surface area (Å²) >= 11 is 0. The molecule has 170 valence electrons. The zero-order valence-corrected chi connectivity index (χ0v) is 18.8. The van der Waals surface area contributed by atoms with Gasteiger partial charge in [0.25, 0.3) is 11.8 Å². The Bertz CT molecular complexity index is 1320. The number of methoxy groups -OCH3 is 1. The van der Waals surface area contributed by atoms with E-state index < -0.39 is 17.5 Å². The van der Waals surface area contributed by atoms with Crippen LogP contribution in [0.2, 0.25) is 0 Å². The molecule has 0 bridgehead atoms. The van der Waals surface area contributed by atoms with Gasteiger partial charge in [-0.25, -0.2) is 9.16 Å². The number of rotatable bonds is 4. The first-order valence-corrected chi connectivity index (χ1v) is 11.6. The molecule has 0 radical (unpaired) electrons. The smallest absolute Gasteiger partial charge is 0.323 e. The van der Waals surface area contributed by atoms with E-state index in [0.717, 1.165) is 22.4 Å². The lowest BCUT2D eigenvalue weighted by molar-refractivity contribution is -0.122. The van der Waals surface area contributed by atoms with Crippen LogP contribution in [0.1, 0.15) is 28.5 Å². The van der Waals surface area contributed by atoms with Crippen LogP contribution in [0.3, 0.4) is 0 Å². The van der Waals surface area contributed by atoms with Gasteiger partial charge in [0.15, 0.2) is 0 Å². The van der Waals surface area contributed by atoms with Gasteiger partial charge in [-0.15, -0.1) is 0 Å². The maximum atomic E-state index is 13.0. The number of urea groups is 1. The van der Waals surface area contributed by atoms with Gasteiger partial charge in [-0.1, -0.05) is 24.0 Å². The normalized spacial score (nSPS) is 22.7. The first-order valence-electron chi connectivity index (χ1n) is 10.3. The quantitative estimate of drug-likeness (QED) is 0.469. The lowest BCUT2D eigenvalue weighted by Crippen LogP contribution is -2.54. The molecular weight excluding hydrogens is 442 g/mol. The molecular formula is C23H23N5O4S. The molecule has 2 aromatic rings. The molecule has 0 saturated carbocycles. The van der Waals surface area contributed by atoms with Gasteiger partial charge in [0.1, 0.15) is 5.75 Å². The van der Waals surface area contributed by atoms with Crippen molar-refractivity contribution in [2.24, 2.45) is 4.36 Å². The third-order valence-corrected chi connectivity index (χ3v) is 7.30. The van der Waals surface area contributed by atoms with E-state index in [1.165, 1.54) is 12.0 Å². The van der Waals surface area contributed by atoms with Gasteiger partial charge >= 0.3 is 6.03 Å². The number of imide groups is 1. The number of carbonyl (C=O) groups is 3. The van der Waals surface area contributed by atoms with Gasteiger partial charge in [-0.3, -0.25) is 19.6 Å². The summed E-state index contributed by atoms with van der Waals surface area (Å²) in [6, 6.07) is 10.3. The van der Waals surface area contributed by atoms with Crippen molar-refractivity contribution in [1.82, 2.24) is 20.3 Å². The van der Waals surface area contributed by atoms with Crippen molar-refractivity contribution in [1.29, 1.82) is 0 Å². The van der Waals surface area contributed by atoms with E-state index in [1.807, 2.05) is 31.3 Å². The molecule has 1 fully saturated rings. The number of hydrogen-bond acceptors (Lipinski definition) is 6. The van der Waals surface area contributed by atoms with Crippen LogP contribution < -0.4 is 20.1 Å². The molecule has 33 heavy (non-hydrogen) atoms. The van der Waals surface area contributed by atoms with Gasteiger partial charge in [0, 0.05) is 30.4 Å². The third-order valence-electron chi connectivity index (χ3n) is 5.85. The van der Waals surface area contributed by atoms with Crippen LogP contribution in [0.25, 0.3) is 0 Å². The van der Waals surface area contributed by atoms with Crippen LogP contribution in [0.4, 0.5) is 10.5 Å². The predicted molar refractivity (Wildman–Crippen MR) is 125 cm³/mol. The summed E-state index contributed by atoms with van der Waals surface area (Å²) in [6.07, 6.45) is 0. The summed E-state index contributed by atoms with van der Waals surface area (Å²) in [5.41, 5.74) is 2.41. The Kier molecular flexibility index (Phi) is 5.15. The van der Waals surface area contributed by atoms with Crippen molar-refractivity contribution in [2.45, 2.75) is 17.8 Å². The maximum absolute atomic E-state index is 13.0. The van der Waals surface area contributed by atoms with E-state index in [0.29, 0.717) is 23.6 Å². The fourth-order valence-electron chi connectivity index (χ4n) is 4.12. The molecule has 0 aliphatic carbocycles. The molecule has 1 saturated heterocycles. The SMILES string of the molecule is CNS1=Nc2cccc(C#C[C@]3(CN4Cc5ccc(OC)cc5C4=O)NC(=O)NC3=O)c2C1.[HH]. The van der Waals surface area contributed by atoms with Gasteiger partial charge in [-0.2, -0.15) is 0 Å². The maximum Gasteiger partial charge on any atom is 0.323 e. The van der Waals surface area contributed by atoms with E-state index in [2.05, 4.69) is 31.6 Å². The molecule has 0 spiro atoms. The number of hydrogen-bond donors (Lipinski definition) is 3. The van der Waals surface area contributed by atoms with Crippen LogP contribution in [-0.2, 0) is 28.0 Å². The zero-order chi connectivity index (χ0) is 23.2. The highest BCUT2D eigenvalue weighted by Gasteiger charge is 2.48. The topological polar surface area (TPSA) is 112 Å². The molecule has 1 unspecified atom stereocenters. The Morgan fingerprint density at radius 1 is 1.30 bits per heavy atom. The summed E-state index contributed by atoms with van der Waals surface area (Å²) < 4.78 is 13.0. The molecule has 2 atom stereocenters. The van der Waals surface area contributed by atoms with Crippen molar-refractivity contribution >= 4 is 34.4 Å². The Labute approximate surface area is 194 Å². The summed E-state index contributed by atoms with van der Waals surface area (Å²) in [6.45, 7) is 0.239. The van der Waals surface area contributed by atoms with Crippen molar-refractivity contribution in [3.8, 4) is 17.6 Å². The van der Waals surface area contributed by atoms with Gasteiger partial charge < -0.3 is 15.0 Å². The largest absolute Gasteiger partial charge is 0.497 e. The van der Waals surface area contributed by atoms with Crippen LogP contribution in [-0.4, -0.2) is 49.0 Å². The molecule has 3 aliphatic heterocycles. The summed E-state index contributed by atoms with van der Waals surface area (Å²) in [4.78, 5) is 39.5. The average molecular weight is 466 g/mol. The van der Waals surface area contributed by atoms with Gasteiger partial charge in [0.05, 0.1) is 19.3 Å². The standard InChI is InChI=1S/C23H21N5O4S.H2/c1-24-33-12-18-14(4-3-5-19(18)27-33)8-9-23(21(30)25-22(31)26-23)13-28-11-15-6-7-16(32-2)10-17(15)20(28)29;/h3-7,10H,11-13H2,1-2H3,(H,24,27)(H2,25,26,30,31);1H/t23-,33?;/m1./s1. The third kappa shape index (κ3) is 3.65. The molecule has 3 heterocycles. The monoisotopic (exact) mass is 465 g/mol. The summed E-state index contributed by atoms with van der Waals surface area (Å²) in [5, 5.41) is 4.91. The van der Waals surface area contributed by atoms with Crippen molar-refractivity contribution in [3.05, 3.63) is 58.7 Å². The second-order valence-corrected chi connectivity index (χ2v) is 9.46. The van der Waals surface area contributed by atoms with E-state index in [4.69, 9.17) is 4.74 Å². The number of ether oxygens (including phenoxy) is 1. The lowest BCUT2D eigenvalue weighted by Gasteiger charge is -2.26. The minimum atomic E-state index is -1.55. The van der Waals surface area contributed by atoms with E-state index in [-0.39, 0.29) is 24.8 Å². The molecule has 5 rings (SSSR count). The molecule has 9 nitrogen and oxygen atoms in total. The zero-order valence-electron chi connectivity index (χ0n) is 18.0. The Morgan fingerprint density at radius 3 is 2.88 bits per heavy atom. The number of fused-ring (bicyclic) bond motifs is 2. The van der Waals surface area contributed by atoms with Crippen LogP contribution in [0, 0.1) is 11.8 Å². The first kappa shape index (κ1) is 21.2. The summed E-state index contributed by atoms with van der Waals surface area (Å²) in [7, 11) is 3.09. The molecule has 0 aromatic heterocycles. The van der Waals surface area contributed by atoms with Crippen LogP contribution >= 0.6 is 0 Å². The minimum Gasteiger partial charge on any atom is -0.497 e. The lowest BCUT2D eigenvalue weighted by atomic mass is 9.98. The number of benzene rings is 2. The predicted octanol–water partition coefficient (Wildman–Crippen LogP) is 1.61. The fourth-order valence-corrected chi connectivity index (χ4v) is 5.41. The summed E-state index contributed by atoms with van der Waals surface area (Å²) in [5.74, 6) is 6.54. The average Bonchev–Trinajstić information content (AvgIpc) is 3.46. The van der Waals surface area contributed by atoms with E-state index in [1.54, 1.807) is 12.1 Å². The minimum absolute atomic E-state index is 0. The molecule has 10 heteroatoms. The first-order chi connectivity index (χ1) is 15.9. The molecule has 4 amide bonds. The molecule has 2 aromatic carbocycles. The number of nitrogens with zero attached hydrogens (tertiary/aromatic N) is 2. The van der Waals surface area contributed by atoms with Crippen LogP contribution in [0.5, 0.6) is 5.75 Å². The second-order valence-electron chi connectivity index (χ2n) is 7.86. The Morgan fingerprint density at radius 2 is 2.15 bits per heavy atom. The second kappa shape index (κ2) is 8.03. The van der Waals surface area contributed by atoms with Gasteiger partial charge in [0.2, 0.25) is 5.54 Å². The van der Waals surface area contributed by atoms with E-state index >= 15 is 0 Å². The highest BCUT2D eigenvalue weighted by atomic mass is 32.2. The highest BCUT2D eigenvalue weighted by Crippen LogP contribution is 2.31. The van der Waals surface area contributed by atoms with Crippen molar-refractivity contribution in [3.63, 3.8) is 0 Å². The number of amides is 4. The molecule has 3 aliphatic rings. The molecule has 3 N–H and O–H groups in total. The Balaban J connectivity index is 0.00000274. The number of nitrogens with one attached hydrogen (secondary N) is 3. The number of carbonyl (C=O) groups excluding carboxylic acids is 3. The van der Waals surface area contributed by atoms with Crippen LogP contribution in [0.15, 0.2) is 40.8 Å². The highest BCUT2D eigenvalue weighted by molar-refractivity contribution is 7.84.